The summed E-state index contributed by atoms with van der Waals surface area (Å²) in [7, 11) is 0. The fraction of sp³-hybridized carbons (Fsp3) is 0.647. The molecule has 0 fully saturated rings. The third-order valence-corrected chi connectivity index (χ3v) is 3.83. The molecule has 0 aliphatic rings. The molecule has 0 radical (unpaired) electrons. The van der Waals surface area contributed by atoms with Crippen molar-refractivity contribution in [2.45, 2.75) is 59.9 Å². The van der Waals surface area contributed by atoms with Crippen LogP contribution in [0.15, 0.2) is 18.2 Å². The average Bonchev–Trinajstić information content (AvgIpc) is 2.32. The van der Waals surface area contributed by atoms with Crippen LogP contribution in [0.5, 0.6) is 0 Å². The SMILES string of the molecule is CCCNC(CCC(C)(C)C)c1ccc(C)c(Cl)c1. The normalized spacial score (nSPS) is 13.6. The lowest BCUT2D eigenvalue weighted by Gasteiger charge is -2.24. The van der Waals surface area contributed by atoms with Crippen molar-refractivity contribution in [1.29, 1.82) is 0 Å². The summed E-state index contributed by atoms with van der Waals surface area (Å²) in [5.41, 5.74) is 2.84. The minimum absolute atomic E-state index is 0.376. The Labute approximate surface area is 123 Å². The first-order valence-electron chi connectivity index (χ1n) is 7.33. The Hall–Kier alpha value is -0.530. The van der Waals surface area contributed by atoms with Crippen LogP contribution in [0.1, 0.15) is 64.1 Å². The van der Waals surface area contributed by atoms with Crippen molar-refractivity contribution in [2.24, 2.45) is 5.41 Å². The molecule has 108 valence electrons. The van der Waals surface area contributed by atoms with Crippen molar-refractivity contribution in [3.05, 3.63) is 34.3 Å². The zero-order valence-electron chi connectivity index (χ0n) is 13.0. The standard InChI is InChI=1S/C17H28ClN/c1-6-11-19-16(9-10-17(3,4)5)14-8-7-13(2)15(18)12-14/h7-8,12,16,19H,6,9-11H2,1-5H3. The zero-order valence-corrected chi connectivity index (χ0v) is 13.8. The second-order valence-electron chi connectivity index (χ2n) is 6.61. The first kappa shape index (κ1) is 16.5. The molecule has 0 heterocycles. The van der Waals surface area contributed by atoms with E-state index in [4.69, 9.17) is 11.6 Å². The lowest BCUT2D eigenvalue weighted by atomic mass is 9.87. The maximum absolute atomic E-state index is 6.25. The van der Waals surface area contributed by atoms with Gasteiger partial charge in [-0.2, -0.15) is 0 Å². The second kappa shape index (κ2) is 7.31. The number of rotatable bonds is 6. The fourth-order valence-corrected chi connectivity index (χ4v) is 2.30. The van der Waals surface area contributed by atoms with E-state index in [1.165, 1.54) is 12.0 Å². The lowest BCUT2D eigenvalue weighted by Crippen LogP contribution is -2.23. The third kappa shape index (κ3) is 5.97. The number of aryl methyl sites for hydroxylation is 1. The van der Waals surface area contributed by atoms with Gasteiger partial charge in [0.1, 0.15) is 0 Å². The highest BCUT2D eigenvalue weighted by Gasteiger charge is 2.16. The number of nitrogens with one attached hydrogen (secondary N) is 1. The van der Waals surface area contributed by atoms with Gasteiger partial charge in [-0.25, -0.2) is 0 Å². The van der Waals surface area contributed by atoms with Gasteiger partial charge in [-0.1, -0.05) is 51.4 Å². The summed E-state index contributed by atoms with van der Waals surface area (Å²) in [6.07, 6.45) is 3.52. The molecule has 0 aliphatic carbocycles. The summed E-state index contributed by atoms with van der Waals surface area (Å²) in [6, 6.07) is 6.86. The quantitative estimate of drug-likeness (QED) is 0.724. The Morgan fingerprint density at radius 3 is 2.47 bits per heavy atom. The van der Waals surface area contributed by atoms with Crippen molar-refractivity contribution >= 4 is 11.6 Å². The van der Waals surface area contributed by atoms with Gasteiger partial charge in [-0.05, 0) is 55.3 Å². The molecule has 1 aromatic carbocycles. The Bertz CT molecular complexity index is 393. The summed E-state index contributed by atoms with van der Waals surface area (Å²) in [4.78, 5) is 0. The van der Waals surface area contributed by atoms with Crippen LogP contribution in [0.4, 0.5) is 0 Å². The molecule has 1 N–H and O–H groups in total. The van der Waals surface area contributed by atoms with E-state index < -0.39 is 0 Å². The summed E-state index contributed by atoms with van der Waals surface area (Å²) >= 11 is 6.25. The largest absolute Gasteiger partial charge is 0.310 e. The van der Waals surface area contributed by atoms with Crippen LogP contribution < -0.4 is 5.32 Å². The maximum Gasteiger partial charge on any atom is 0.0438 e. The molecule has 0 saturated heterocycles. The van der Waals surface area contributed by atoms with E-state index in [1.807, 2.05) is 0 Å². The van der Waals surface area contributed by atoms with E-state index in [-0.39, 0.29) is 0 Å². The van der Waals surface area contributed by atoms with Crippen LogP contribution in [0.3, 0.4) is 0 Å². The minimum atomic E-state index is 0.376. The highest BCUT2D eigenvalue weighted by molar-refractivity contribution is 6.31. The molecule has 0 aromatic heterocycles. The van der Waals surface area contributed by atoms with Crippen molar-refractivity contribution in [3.8, 4) is 0 Å². The highest BCUT2D eigenvalue weighted by Crippen LogP contribution is 2.29. The van der Waals surface area contributed by atoms with Crippen molar-refractivity contribution < 1.29 is 0 Å². The molecule has 0 saturated carbocycles. The van der Waals surface area contributed by atoms with Crippen LogP contribution in [-0.2, 0) is 0 Å². The van der Waals surface area contributed by atoms with Crippen LogP contribution in [0.2, 0.25) is 5.02 Å². The minimum Gasteiger partial charge on any atom is -0.310 e. The average molecular weight is 282 g/mol. The molecule has 0 bridgehead atoms. The molecular formula is C17H28ClN. The highest BCUT2D eigenvalue weighted by atomic mass is 35.5. The van der Waals surface area contributed by atoms with E-state index in [2.05, 4.69) is 58.1 Å². The number of benzene rings is 1. The van der Waals surface area contributed by atoms with Crippen molar-refractivity contribution in [3.63, 3.8) is 0 Å². The number of hydrogen-bond acceptors (Lipinski definition) is 1. The lowest BCUT2D eigenvalue weighted by molar-refractivity contribution is 0.332. The molecule has 1 unspecified atom stereocenters. The van der Waals surface area contributed by atoms with Gasteiger partial charge >= 0.3 is 0 Å². The molecule has 1 atom stereocenters. The van der Waals surface area contributed by atoms with Crippen LogP contribution >= 0.6 is 11.6 Å². The molecule has 19 heavy (non-hydrogen) atoms. The molecule has 2 heteroatoms. The van der Waals surface area contributed by atoms with Crippen LogP contribution in [0, 0.1) is 12.3 Å². The van der Waals surface area contributed by atoms with Gasteiger partial charge in [0.05, 0.1) is 0 Å². The Morgan fingerprint density at radius 2 is 1.95 bits per heavy atom. The smallest absolute Gasteiger partial charge is 0.0438 e. The molecule has 0 amide bonds. The number of hydrogen-bond donors (Lipinski definition) is 1. The van der Waals surface area contributed by atoms with Gasteiger partial charge in [-0.15, -0.1) is 0 Å². The third-order valence-electron chi connectivity index (χ3n) is 3.42. The van der Waals surface area contributed by atoms with E-state index in [1.54, 1.807) is 0 Å². The molecule has 1 nitrogen and oxygen atoms in total. The monoisotopic (exact) mass is 281 g/mol. The maximum atomic E-state index is 6.25. The molecule has 1 rings (SSSR count). The van der Waals surface area contributed by atoms with Gasteiger partial charge in [0.2, 0.25) is 0 Å². The van der Waals surface area contributed by atoms with Crippen LogP contribution in [0.25, 0.3) is 0 Å². The first-order chi connectivity index (χ1) is 8.83. The van der Waals surface area contributed by atoms with E-state index in [0.717, 1.165) is 30.0 Å². The van der Waals surface area contributed by atoms with Crippen LogP contribution in [-0.4, -0.2) is 6.54 Å². The van der Waals surface area contributed by atoms with Crippen molar-refractivity contribution in [2.75, 3.05) is 6.54 Å². The first-order valence-corrected chi connectivity index (χ1v) is 7.70. The topological polar surface area (TPSA) is 12.0 Å². The molecule has 0 spiro atoms. The predicted octanol–water partition coefficient (Wildman–Crippen LogP) is 5.52. The van der Waals surface area contributed by atoms with Gasteiger partial charge in [0.25, 0.3) is 0 Å². The fourth-order valence-electron chi connectivity index (χ4n) is 2.11. The Balaban J connectivity index is 2.79. The van der Waals surface area contributed by atoms with E-state index in [9.17, 15) is 0 Å². The zero-order chi connectivity index (χ0) is 14.5. The van der Waals surface area contributed by atoms with E-state index >= 15 is 0 Å². The van der Waals surface area contributed by atoms with Gasteiger partial charge in [-0.3, -0.25) is 0 Å². The summed E-state index contributed by atoms with van der Waals surface area (Å²) in [5, 5.41) is 4.52. The number of halogens is 1. The van der Waals surface area contributed by atoms with Gasteiger partial charge in [0.15, 0.2) is 0 Å². The summed E-state index contributed by atoms with van der Waals surface area (Å²) in [6.45, 7) is 12.2. The summed E-state index contributed by atoms with van der Waals surface area (Å²) < 4.78 is 0. The molecule has 0 aliphatic heterocycles. The molecule has 1 aromatic rings. The van der Waals surface area contributed by atoms with Gasteiger partial charge < -0.3 is 5.32 Å². The summed E-state index contributed by atoms with van der Waals surface area (Å²) in [5.74, 6) is 0. The Morgan fingerprint density at radius 1 is 1.26 bits per heavy atom. The van der Waals surface area contributed by atoms with Crippen molar-refractivity contribution in [1.82, 2.24) is 5.32 Å². The van der Waals surface area contributed by atoms with E-state index in [0.29, 0.717) is 11.5 Å². The second-order valence-corrected chi connectivity index (χ2v) is 7.02. The molecular weight excluding hydrogens is 254 g/mol. The predicted molar refractivity (Wildman–Crippen MR) is 85.9 cm³/mol. The van der Waals surface area contributed by atoms with Gasteiger partial charge in [0, 0.05) is 11.1 Å². The Kier molecular flexibility index (Phi) is 6.35.